The predicted molar refractivity (Wildman–Crippen MR) is 286 cm³/mol. The molecule has 0 N–H and O–H groups in total. The summed E-state index contributed by atoms with van der Waals surface area (Å²) in [6.45, 7) is 0. The third-order valence-corrected chi connectivity index (χ3v) is 12.9. The fourth-order valence-corrected chi connectivity index (χ4v) is 9.69. The first-order valence-corrected chi connectivity index (χ1v) is 21.2. The molecular weight excluding hydrogens is 807 g/mol. The smallest absolute Gasteiger partial charge is 0.164 e. The van der Waals surface area contributed by atoms with Crippen LogP contribution in [-0.4, -0.2) is 103 Å². The molecule has 4 aromatic heterocycles. The third kappa shape index (κ3) is 5.87. The van der Waals surface area contributed by atoms with Gasteiger partial charge in [0.25, 0.3) is 0 Å². The minimum absolute atomic E-state index is 0.0998. The number of rotatable bonds is 5. The molecule has 0 unspecified atom stereocenters. The van der Waals surface area contributed by atoms with E-state index >= 15 is 0 Å². The maximum absolute atomic E-state index is 7.21. The fraction of sp³-hybridized carbons (Fsp3) is 0. The van der Waals surface area contributed by atoms with E-state index in [4.69, 9.17) is 97.8 Å². The lowest BCUT2D eigenvalue weighted by molar-refractivity contribution is 0.669. The van der Waals surface area contributed by atoms with E-state index in [-0.39, 0.29) is 54.6 Å². The summed E-state index contributed by atoms with van der Waals surface area (Å²) in [4.78, 5) is 15.1. The Bertz CT molecular complexity index is 4040. The largest absolute Gasteiger partial charge is 0.456 e. The van der Waals surface area contributed by atoms with Crippen LogP contribution in [0.2, 0.25) is 0 Å². The Hall–Kier alpha value is -7.18. The molecule has 16 heteroatoms. The summed E-state index contributed by atoms with van der Waals surface area (Å²) in [6.07, 6.45) is 0. The van der Waals surface area contributed by atoms with E-state index in [1.54, 1.807) is 0 Å². The number of hydrogen-bond acceptors (Lipinski definition) is 4. The van der Waals surface area contributed by atoms with Gasteiger partial charge in [0.2, 0.25) is 0 Å². The van der Waals surface area contributed by atoms with Gasteiger partial charge < -0.3 is 13.6 Å². The standard InChI is InChI=1S/C51H21B10N5O/c52-35-33-31-37(54)39(56)41(58)43(60)45(31)65(24-15-8-3-9-16-24)47(33)48-34(36(35)53)32-38(55)40(57)42(59)44(61)46(32)66(48)25-19-20-28-27(21-25)30-26(17-10-18-29(30)67-28)51-63-49(22-11-4-1-5-12-22)62-50(64-51)23-13-6-2-7-14-23/h1-21H. The average molecular weight is 828 g/mol. The summed E-state index contributed by atoms with van der Waals surface area (Å²) in [7, 11) is 68.7. The summed E-state index contributed by atoms with van der Waals surface area (Å²) in [5, 5.41) is 3.37. The predicted octanol–water partition coefficient (Wildman–Crippen LogP) is 0.904. The molecule has 286 valence electrons. The zero-order valence-electron chi connectivity index (χ0n) is 35.5. The van der Waals surface area contributed by atoms with Gasteiger partial charge in [0.05, 0.1) is 11.0 Å². The molecule has 4 heterocycles. The Balaban J connectivity index is 1.25. The molecule has 0 atom stereocenters. The van der Waals surface area contributed by atoms with Gasteiger partial charge in [-0.1, -0.05) is 124 Å². The second-order valence-electron chi connectivity index (χ2n) is 16.5. The summed E-state index contributed by atoms with van der Waals surface area (Å²) < 4.78 is 10.5. The van der Waals surface area contributed by atoms with E-state index in [9.17, 15) is 0 Å². The first-order chi connectivity index (χ1) is 32.4. The van der Waals surface area contributed by atoms with Crippen molar-refractivity contribution in [3.63, 3.8) is 0 Å². The zero-order chi connectivity index (χ0) is 46.2. The molecule has 0 saturated heterocycles. The van der Waals surface area contributed by atoms with Crippen LogP contribution in [0.3, 0.4) is 0 Å². The fourth-order valence-electron chi connectivity index (χ4n) is 9.69. The molecule has 12 aromatic rings. The number of hydrogen-bond donors (Lipinski definition) is 0. The Morgan fingerprint density at radius 1 is 0.328 bits per heavy atom. The highest BCUT2D eigenvalue weighted by atomic mass is 16.3. The number of aromatic nitrogens is 5. The number of benzene rings is 8. The normalized spacial score (nSPS) is 11.9. The molecule has 0 bridgehead atoms. The first kappa shape index (κ1) is 41.3. The lowest BCUT2D eigenvalue weighted by Gasteiger charge is -2.17. The summed E-state index contributed by atoms with van der Waals surface area (Å²) in [5.41, 5.74) is 8.52. The van der Waals surface area contributed by atoms with Crippen molar-refractivity contribution in [3.05, 3.63) is 127 Å². The molecule has 0 amide bonds. The second kappa shape index (κ2) is 15.2. The molecule has 67 heavy (non-hydrogen) atoms. The van der Waals surface area contributed by atoms with Crippen LogP contribution in [0, 0.1) is 0 Å². The van der Waals surface area contributed by atoms with Gasteiger partial charge in [-0.05, 0) is 47.2 Å². The molecule has 20 radical (unpaired) electrons. The van der Waals surface area contributed by atoms with E-state index in [1.165, 1.54) is 0 Å². The van der Waals surface area contributed by atoms with E-state index < -0.39 is 0 Å². The average Bonchev–Trinajstić information content (AvgIpc) is 4.05. The number of furan rings is 1. The van der Waals surface area contributed by atoms with Crippen LogP contribution < -0.4 is 54.6 Å². The monoisotopic (exact) mass is 829 g/mol. The lowest BCUT2D eigenvalue weighted by atomic mass is 9.64. The van der Waals surface area contributed by atoms with E-state index in [2.05, 4.69) is 0 Å². The second-order valence-corrected chi connectivity index (χ2v) is 16.5. The lowest BCUT2D eigenvalue weighted by Crippen LogP contribution is -2.48. The van der Waals surface area contributed by atoms with Gasteiger partial charge in [0.1, 0.15) is 89.6 Å². The van der Waals surface area contributed by atoms with Crippen molar-refractivity contribution < 1.29 is 4.42 Å². The van der Waals surface area contributed by atoms with Gasteiger partial charge in [-0.2, -0.15) is 0 Å². The number of nitrogens with zero attached hydrogens (tertiary/aromatic N) is 5. The highest BCUT2D eigenvalue weighted by Gasteiger charge is 2.29. The van der Waals surface area contributed by atoms with Crippen molar-refractivity contribution in [1.82, 2.24) is 24.1 Å². The van der Waals surface area contributed by atoms with Crippen LogP contribution in [0.1, 0.15) is 0 Å². The van der Waals surface area contributed by atoms with Crippen LogP contribution in [0.4, 0.5) is 0 Å². The Kier molecular flexibility index (Phi) is 9.35. The van der Waals surface area contributed by atoms with Gasteiger partial charge >= 0.3 is 0 Å². The Labute approximate surface area is 398 Å². The molecule has 0 spiro atoms. The number of fused-ring (bicyclic) bond motifs is 10. The van der Waals surface area contributed by atoms with Crippen molar-refractivity contribution >= 4 is 199 Å². The van der Waals surface area contributed by atoms with Gasteiger partial charge in [-0.3, -0.25) is 0 Å². The molecule has 12 rings (SSSR count). The van der Waals surface area contributed by atoms with Crippen molar-refractivity contribution in [2.24, 2.45) is 0 Å². The molecule has 0 fully saturated rings. The quantitative estimate of drug-likeness (QED) is 0.243. The van der Waals surface area contributed by atoms with Crippen LogP contribution >= 0.6 is 0 Å². The summed E-state index contributed by atoms with van der Waals surface area (Å²) in [6, 6.07) is 40.8. The molecule has 0 aliphatic heterocycles. The van der Waals surface area contributed by atoms with Crippen LogP contribution in [0.25, 0.3) is 111 Å². The minimum Gasteiger partial charge on any atom is -0.456 e. The van der Waals surface area contributed by atoms with Gasteiger partial charge in [0, 0.05) is 60.6 Å². The SMILES string of the molecule is [B]c1c([B])c([B])c2c(c1[B])c1c([B])c([B])c3c4c([B])c([B])c([B])c([B])c4n(-c4ccc5oc6cccc(-c7nc(-c8ccccc8)nc(-c8ccccc8)n7)c6c5c4)c3c1n2-c1ccccc1. The van der Waals surface area contributed by atoms with Crippen LogP contribution in [0.15, 0.2) is 132 Å². The van der Waals surface area contributed by atoms with Gasteiger partial charge in [-0.25, -0.2) is 15.0 Å². The van der Waals surface area contributed by atoms with E-state index in [0.29, 0.717) is 83.6 Å². The molecule has 0 aliphatic carbocycles. The molecule has 6 nitrogen and oxygen atoms in total. The first-order valence-electron chi connectivity index (χ1n) is 21.2. The summed E-state index contributed by atoms with van der Waals surface area (Å²) >= 11 is 0. The van der Waals surface area contributed by atoms with Gasteiger partial charge in [0.15, 0.2) is 17.5 Å². The van der Waals surface area contributed by atoms with Crippen molar-refractivity contribution in [3.8, 4) is 45.5 Å². The maximum atomic E-state index is 7.21. The van der Waals surface area contributed by atoms with Gasteiger partial charge in [-0.15, -0.1) is 21.9 Å². The maximum Gasteiger partial charge on any atom is 0.164 e. The highest BCUT2D eigenvalue weighted by molar-refractivity contribution is 6.71. The number of para-hydroxylation sites is 1. The van der Waals surface area contributed by atoms with Crippen molar-refractivity contribution in [1.29, 1.82) is 0 Å². The minimum atomic E-state index is 0.0998. The molecule has 0 aliphatic rings. The molecule has 0 saturated carbocycles. The van der Waals surface area contributed by atoms with Crippen LogP contribution in [0.5, 0.6) is 0 Å². The molecular formula is C51H21B10N5O. The molecule has 8 aromatic carbocycles. The highest BCUT2D eigenvalue weighted by Crippen LogP contribution is 2.41. The Morgan fingerprint density at radius 2 is 0.761 bits per heavy atom. The summed E-state index contributed by atoms with van der Waals surface area (Å²) in [5.74, 6) is 1.49. The topological polar surface area (TPSA) is 61.7 Å². The van der Waals surface area contributed by atoms with Crippen LogP contribution in [-0.2, 0) is 0 Å². The Morgan fingerprint density at radius 3 is 1.28 bits per heavy atom. The zero-order valence-corrected chi connectivity index (χ0v) is 35.5. The van der Waals surface area contributed by atoms with E-state index in [0.717, 1.165) is 27.5 Å². The third-order valence-electron chi connectivity index (χ3n) is 12.9. The van der Waals surface area contributed by atoms with Crippen molar-refractivity contribution in [2.45, 2.75) is 0 Å². The van der Waals surface area contributed by atoms with Crippen molar-refractivity contribution in [2.75, 3.05) is 0 Å². The van der Waals surface area contributed by atoms with E-state index in [1.807, 2.05) is 137 Å².